The lowest BCUT2D eigenvalue weighted by Crippen LogP contribution is -2.31. The van der Waals surface area contributed by atoms with Gasteiger partial charge in [0.2, 0.25) is 0 Å². The van der Waals surface area contributed by atoms with Crippen molar-refractivity contribution in [2.75, 3.05) is 6.54 Å². The van der Waals surface area contributed by atoms with Gasteiger partial charge in [0, 0.05) is 17.1 Å². The van der Waals surface area contributed by atoms with E-state index in [4.69, 9.17) is 35.4 Å². The molecule has 3 nitrogen and oxygen atoms in total. The molecule has 0 saturated carbocycles. The summed E-state index contributed by atoms with van der Waals surface area (Å²) in [7, 11) is 0. The molecule has 0 aliphatic heterocycles. The molecule has 0 spiro atoms. The predicted octanol–water partition coefficient (Wildman–Crippen LogP) is 2.81. The average Bonchev–Trinajstić information content (AvgIpc) is 2.22. The molecule has 0 radical (unpaired) electrons. The van der Waals surface area contributed by atoms with Crippen molar-refractivity contribution in [2.24, 2.45) is 5.10 Å². The van der Waals surface area contributed by atoms with Crippen LogP contribution in [0, 0.1) is 0 Å². The smallest absolute Gasteiger partial charge is 0.186 e. The van der Waals surface area contributed by atoms with Gasteiger partial charge in [-0.1, -0.05) is 29.3 Å². The minimum atomic E-state index is 0.476. The first kappa shape index (κ1) is 13.2. The maximum absolute atomic E-state index is 5.95. The Morgan fingerprint density at radius 2 is 2.25 bits per heavy atom. The van der Waals surface area contributed by atoms with Crippen LogP contribution in [0.4, 0.5) is 0 Å². The van der Waals surface area contributed by atoms with E-state index in [1.165, 1.54) is 0 Å². The van der Waals surface area contributed by atoms with Crippen LogP contribution in [0.5, 0.6) is 0 Å². The zero-order valence-corrected chi connectivity index (χ0v) is 11.0. The van der Waals surface area contributed by atoms with Crippen molar-refractivity contribution in [3.63, 3.8) is 0 Å². The van der Waals surface area contributed by atoms with Crippen molar-refractivity contribution in [1.82, 2.24) is 10.7 Å². The molecule has 1 aromatic carbocycles. The number of hydrogen-bond acceptors (Lipinski definition) is 2. The Morgan fingerprint density at radius 1 is 1.50 bits per heavy atom. The molecule has 0 fully saturated rings. The summed E-state index contributed by atoms with van der Waals surface area (Å²) in [4.78, 5) is 0. The van der Waals surface area contributed by atoms with Gasteiger partial charge in [-0.05, 0) is 31.3 Å². The van der Waals surface area contributed by atoms with Crippen molar-refractivity contribution in [3.05, 3.63) is 33.8 Å². The molecule has 0 saturated heterocycles. The van der Waals surface area contributed by atoms with E-state index >= 15 is 0 Å². The van der Waals surface area contributed by atoms with E-state index in [0.717, 1.165) is 12.1 Å². The fourth-order valence-electron chi connectivity index (χ4n) is 0.967. The fraction of sp³-hybridized carbons (Fsp3) is 0.200. The first-order valence-electron chi connectivity index (χ1n) is 4.65. The highest BCUT2D eigenvalue weighted by Crippen LogP contribution is 2.19. The van der Waals surface area contributed by atoms with Gasteiger partial charge in [-0.3, -0.25) is 5.43 Å². The van der Waals surface area contributed by atoms with E-state index in [1.807, 2.05) is 6.92 Å². The van der Waals surface area contributed by atoms with Crippen LogP contribution in [0.25, 0.3) is 0 Å². The summed E-state index contributed by atoms with van der Waals surface area (Å²) in [5.41, 5.74) is 3.45. The van der Waals surface area contributed by atoms with Crippen molar-refractivity contribution in [1.29, 1.82) is 0 Å². The zero-order valence-electron chi connectivity index (χ0n) is 8.63. The number of nitrogens with zero attached hydrogens (tertiary/aromatic N) is 1. The topological polar surface area (TPSA) is 36.4 Å². The zero-order chi connectivity index (χ0) is 12.0. The summed E-state index contributed by atoms with van der Waals surface area (Å²) in [6, 6.07) is 5.19. The SMILES string of the molecule is CCNC(=S)N/N=C/c1ccc(Cl)cc1Cl. The highest BCUT2D eigenvalue weighted by molar-refractivity contribution is 7.80. The molecule has 0 aromatic heterocycles. The molecule has 0 aliphatic carbocycles. The van der Waals surface area contributed by atoms with Crippen molar-refractivity contribution in [3.8, 4) is 0 Å². The third-order valence-corrected chi connectivity index (χ3v) is 2.47. The number of nitrogens with one attached hydrogen (secondary N) is 2. The van der Waals surface area contributed by atoms with Crippen LogP contribution in [0.15, 0.2) is 23.3 Å². The van der Waals surface area contributed by atoms with Gasteiger partial charge in [-0.25, -0.2) is 0 Å². The summed E-state index contributed by atoms with van der Waals surface area (Å²) in [6.07, 6.45) is 1.59. The van der Waals surface area contributed by atoms with Crippen LogP contribution in [-0.4, -0.2) is 17.9 Å². The van der Waals surface area contributed by atoms with Crippen molar-refractivity contribution >= 4 is 46.7 Å². The lowest BCUT2D eigenvalue weighted by molar-refractivity contribution is 0.904. The predicted molar refractivity (Wildman–Crippen MR) is 73.5 cm³/mol. The molecule has 16 heavy (non-hydrogen) atoms. The molecular formula is C10H11Cl2N3S. The Hall–Kier alpha value is -0.840. The Morgan fingerprint density at radius 3 is 2.88 bits per heavy atom. The number of rotatable bonds is 3. The maximum Gasteiger partial charge on any atom is 0.186 e. The van der Waals surface area contributed by atoms with Crippen LogP contribution in [0.3, 0.4) is 0 Å². The second-order valence-electron chi connectivity index (χ2n) is 2.90. The highest BCUT2D eigenvalue weighted by atomic mass is 35.5. The van der Waals surface area contributed by atoms with Crippen LogP contribution in [0.2, 0.25) is 10.0 Å². The number of halogens is 2. The maximum atomic E-state index is 5.95. The summed E-state index contributed by atoms with van der Waals surface area (Å²) < 4.78 is 0. The second-order valence-corrected chi connectivity index (χ2v) is 4.15. The van der Waals surface area contributed by atoms with Crippen LogP contribution in [0.1, 0.15) is 12.5 Å². The summed E-state index contributed by atoms with van der Waals surface area (Å²) in [5.74, 6) is 0. The average molecular weight is 276 g/mol. The minimum absolute atomic E-state index is 0.476. The van der Waals surface area contributed by atoms with Gasteiger partial charge >= 0.3 is 0 Å². The third-order valence-electron chi connectivity index (χ3n) is 1.67. The Bertz CT molecular complexity index is 407. The largest absolute Gasteiger partial charge is 0.362 e. The lowest BCUT2D eigenvalue weighted by atomic mass is 10.2. The molecule has 0 amide bonds. The van der Waals surface area contributed by atoms with Gasteiger partial charge < -0.3 is 5.32 Å². The van der Waals surface area contributed by atoms with Crippen LogP contribution < -0.4 is 10.7 Å². The fourth-order valence-corrected chi connectivity index (χ4v) is 1.62. The van der Waals surface area contributed by atoms with Crippen molar-refractivity contribution < 1.29 is 0 Å². The number of hydrogen-bond donors (Lipinski definition) is 2. The number of hydrazone groups is 1. The van der Waals surface area contributed by atoms with Gasteiger partial charge in [-0.15, -0.1) is 0 Å². The molecule has 0 heterocycles. The number of thiocarbonyl (C=S) groups is 1. The second kappa shape index (κ2) is 6.68. The van der Waals surface area contributed by atoms with Gasteiger partial charge in [0.1, 0.15) is 0 Å². The van der Waals surface area contributed by atoms with E-state index in [2.05, 4.69) is 15.8 Å². The first-order chi connectivity index (χ1) is 7.63. The van der Waals surface area contributed by atoms with Crippen LogP contribution >= 0.6 is 35.4 Å². The summed E-state index contributed by atoms with van der Waals surface area (Å²) >= 11 is 16.7. The van der Waals surface area contributed by atoms with E-state index in [1.54, 1.807) is 24.4 Å². The minimum Gasteiger partial charge on any atom is -0.362 e. The number of benzene rings is 1. The molecule has 0 unspecified atom stereocenters. The van der Waals surface area contributed by atoms with E-state index in [0.29, 0.717) is 15.2 Å². The summed E-state index contributed by atoms with van der Waals surface area (Å²) in [5, 5.41) is 8.47. The normalized spacial score (nSPS) is 10.4. The third kappa shape index (κ3) is 4.35. The molecule has 1 aromatic rings. The van der Waals surface area contributed by atoms with Gasteiger partial charge in [0.25, 0.3) is 0 Å². The molecule has 6 heteroatoms. The standard InChI is InChI=1S/C10H11Cl2N3S/c1-2-13-10(16)15-14-6-7-3-4-8(11)5-9(7)12/h3-6H,2H2,1H3,(H2,13,15,16)/b14-6+. The molecule has 1 rings (SSSR count). The molecule has 0 aliphatic rings. The van der Waals surface area contributed by atoms with Gasteiger partial charge in [-0.2, -0.15) is 5.10 Å². The first-order valence-corrected chi connectivity index (χ1v) is 5.82. The van der Waals surface area contributed by atoms with E-state index < -0.39 is 0 Å². The van der Waals surface area contributed by atoms with E-state index in [9.17, 15) is 0 Å². The highest BCUT2D eigenvalue weighted by Gasteiger charge is 1.97. The monoisotopic (exact) mass is 275 g/mol. The summed E-state index contributed by atoms with van der Waals surface area (Å²) in [6.45, 7) is 2.71. The van der Waals surface area contributed by atoms with E-state index in [-0.39, 0.29) is 0 Å². The molecule has 2 N–H and O–H groups in total. The molecule has 86 valence electrons. The molecule has 0 atom stereocenters. The Labute approximate surface area is 110 Å². The van der Waals surface area contributed by atoms with Crippen LogP contribution in [-0.2, 0) is 0 Å². The molecule has 0 bridgehead atoms. The van der Waals surface area contributed by atoms with Crippen molar-refractivity contribution in [2.45, 2.75) is 6.92 Å². The van der Waals surface area contributed by atoms with Gasteiger partial charge in [0.05, 0.1) is 11.2 Å². The Balaban J connectivity index is 2.59. The molecular weight excluding hydrogens is 265 g/mol. The van der Waals surface area contributed by atoms with Gasteiger partial charge in [0.15, 0.2) is 5.11 Å². The Kier molecular flexibility index (Phi) is 5.52. The quantitative estimate of drug-likeness (QED) is 0.506. The lowest BCUT2D eigenvalue weighted by Gasteiger charge is -2.03.